The van der Waals surface area contributed by atoms with Crippen molar-refractivity contribution in [1.29, 1.82) is 0 Å². The van der Waals surface area contributed by atoms with Crippen LogP contribution in [-0.4, -0.2) is 29.0 Å². The highest BCUT2D eigenvalue weighted by molar-refractivity contribution is 6.99. The number of aliphatic hydroxyl groups is 1. The normalized spacial score (nSPS) is 21.7. The topological polar surface area (TPSA) is 55.2 Å². The van der Waals surface area contributed by atoms with Gasteiger partial charge in [-0.15, -0.1) is 0 Å². The minimum Gasteiger partial charge on any atom is -0.401 e. The average molecular weight is 461 g/mol. The van der Waals surface area contributed by atoms with E-state index in [0.29, 0.717) is 12.5 Å². The Labute approximate surface area is 199 Å². The molecule has 2 aromatic carbocycles. The van der Waals surface area contributed by atoms with E-state index in [4.69, 9.17) is 9.41 Å². The van der Waals surface area contributed by atoms with Crippen LogP contribution in [-0.2, 0) is 11.0 Å². The Balaban J connectivity index is 1.65. The fourth-order valence-electron chi connectivity index (χ4n) is 5.13. The molecule has 4 rings (SSSR count). The van der Waals surface area contributed by atoms with Crippen molar-refractivity contribution in [2.75, 3.05) is 0 Å². The van der Waals surface area contributed by atoms with Crippen LogP contribution in [0, 0.1) is 0 Å². The van der Waals surface area contributed by atoms with Crippen LogP contribution in [0.1, 0.15) is 70.8 Å². The standard InChI is InChI=1S/C28H36N2O2Si/c1-27(2,3)33(24-11-7-5-8-12-24,25-13-9-6-10-14-25)32-21-23-17-20-29-26(30-23)22-15-18-28(4,31)19-16-22/h5-14,17,20,22,31H,15-16,18-19,21H2,1-4H3/t22-,28-. The Bertz CT molecular complexity index is 999. The van der Waals surface area contributed by atoms with E-state index in [1.54, 1.807) is 0 Å². The van der Waals surface area contributed by atoms with Crippen LogP contribution in [0.15, 0.2) is 72.9 Å². The van der Waals surface area contributed by atoms with Crippen molar-refractivity contribution in [2.45, 2.75) is 76.5 Å². The van der Waals surface area contributed by atoms with E-state index in [-0.39, 0.29) is 5.04 Å². The lowest BCUT2D eigenvalue weighted by Crippen LogP contribution is -2.66. The van der Waals surface area contributed by atoms with Crippen LogP contribution >= 0.6 is 0 Å². The van der Waals surface area contributed by atoms with Crippen molar-refractivity contribution in [1.82, 2.24) is 9.97 Å². The minimum atomic E-state index is -2.60. The molecule has 4 nitrogen and oxygen atoms in total. The molecular weight excluding hydrogens is 424 g/mol. The van der Waals surface area contributed by atoms with Gasteiger partial charge in [0.2, 0.25) is 0 Å². The Morgan fingerprint density at radius 2 is 1.48 bits per heavy atom. The number of hydrogen-bond donors (Lipinski definition) is 1. The fraction of sp³-hybridized carbons (Fsp3) is 0.429. The van der Waals surface area contributed by atoms with Crippen molar-refractivity contribution in [3.63, 3.8) is 0 Å². The molecular formula is C28H36N2O2Si. The summed E-state index contributed by atoms with van der Waals surface area (Å²) < 4.78 is 7.04. The Hall–Kier alpha value is -2.34. The number of benzene rings is 2. The molecule has 1 aliphatic rings. The number of hydrogen-bond acceptors (Lipinski definition) is 4. The van der Waals surface area contributed by atoms with E-state index in [2.05, 4.69) is 86.4 Å². The largest absolute Gasteiger partial charge is 0.401 e. The van der Waals surface area contributed by atoms with Crippen molar-refractivity contribution >= 4 is 18.7 Å². The predicted octanol–water partition coefficient (Wildman–Crippen LogP) is 4.96. The lowest BCUT2D eigenvalue weighted by atomic mass is 9.79. The molecule has 5 heteroatoms. The third kappa shape index (κ3) is 5.11. The lowest BCUT2D eigenvalue weighted by Gasteiger charge is -2.43. The Morgan fingerprint density at radius 1 is 0.939 bits per heavy atom. The monoisotopic (exact) mass is 460 g/mol. The molecule has 33 heavy (non-hydrogen) atoms. The van der Waals surface area contributed by atoms with Gasteiger partial charge in [0.1, 0.15) is 5.82 Å². The molecule has 0 aliphatic heterocycles. The predicted molar refractivity (Wildman–Crippen MR) is 136 cm³/mol. The fourth-order valence-corrected chi connectivity index (χ4v) is 9.65. The summed E-state index contributed by atoms with van der Waals surface area (Å²) in [5.74, 6) is 1.19. The first kappa shape index (κ1) is 23.8. The first-order valence-electron chi connectivity index (χ1n) is 12.0. The first-order valence-corrected chi connectivity index (χ1v) is 13.9. The van der Waals surface area contributed by atoms with Crippen molar-refractivity contribution in [3.8, 4) is 0 Å². The van der Waals surface area contributed by atoms with Gasteiger partial charge < -0.3 is 9.53 Å². The SMILES string of the molecule is CC(C)(C)[Si](OCc1ccnc([C@H]2CC[C@](C)(O)CC2)n1)(c1ccccc1)c1ccccc1. The molecule has 1 saturated carbocycles. The maximum Gasteiger partial charge on any atom is 0.261 e. The lowest BCUT2D eigenvalue weighted by molar-refractivity contribution is 0.0164. The highest BCUT2D eigenvalue weighted by atomic mass is 28.4. The molecule has 0 bridgehead atoms. The molecule has 0 atom stereocenters. The van der Waals surface area contributed by atoms with Gasteiger partial charge in [-0.05, 0) is 54.1 Å². The molecule has 174 valence electrons. The van der Waals surface area contributed by atoms with Crippen molar-refractivity contribution in [2.24, 2.45) is 0 Å². The zero-order valence-corrected chi connectivity index (χ0v) is 21.3. The van der Waals surface area contributed by atoms with Crippen LogP contribution in [0.25, 0.3) is 0 Å². The maximum absolute atomic E-state index is 10.3. The second kappa shape index (κ2) is 9.49. The van der Waals surface area contributed by atoms with Gasteiger partial charge in [-0.3, -0.25) is 0 Å². The van der Waals surface area contributed by atoms with Crippen LogP contribution in [0.4, 0.5) is 0 Å². The molecule has 1 fully saturated rings. The van der Waals surface area contributed by atoms with Gasteiger partial charge in [0.15, 0.2) is 0 Å². The third-order valence-electron chi connectivity index (χ3n) is 7.01. The Kier molecular flexibility index (Phi) is 6.85. The highest BCUT2D eigenvalue weighted by Crippen LogP contribution is 2.38. The van der Waals surface area contributed by atoms with Gasteiger partial charge in [0.05, 0.1) is 17.9 Å². The van der Waals surface area contributed by atoms with Crippen LogP contribution in [0.3, 0.4) is 0 Å². The van der Waals surface area contributed by atoms with Gasteiger partial charge in [0.25, 0.3) is 8.32 Å². The summed E-state index contributed by atoms with van der Waals surface area (Å²) in [5, 5.41) is 12.8. The summed E-state index contributed by atoms with van der Waals surface area (Å²) >= 11 is 0. The van der Waals surface area contributed by atoms with E-state index < -0.39 is 13.9 Å². The molecule has 3 aromatic rings. The highest BCUT2D eigenvalue weighted by Gasteiger charge is 2.50. The van der Waals surface area contributed by atoms with Crippen LogP contribution in [0.2, 0.25) is 5.04 Å². The van der Waals surface area contributed by atoms with Gasteiger partial charge in [0, 0.05) is 12.1 Å². The molecule has 0 saturated heterocycles. The summed E-state index contributed by atoms with van der Waals surface area (Å²) in [5.41, 5.74) is 0.367. The van der Waals surface area contributed by atoms with E-state index in [1.165, 1.54) is 10.4 Å². The molecule has 1 aliphatic carbocycles. The van der Waals surface area contributed by atoms with E-state index in [1.807, 2.05) is 19.2 Å². The first-order chi connectivity index (χ1) is 15.7. The Morgan fingerprint density at radius 3 is 2.00 bits per heavy atom. The zero-order valence-electron chi connectivity index (χ0n) is 20.3. The van der Waals surface area contributed by atoms with Crippen LogP contribution < -0.4 is 10.4 Å². The quantitative estimate of drug-likeness (QED) is 0.528. The molecule has 0 unspecified atom stereocenters. The number of rotatable bonds is 6. The summed E-state index contributed by atoms with van der Waals surface area (Å²) in [7, 11) is -2.60. The second-order valence-electron chi connectivity index (χ2n) is 10.6. The molecule has 0 radical (unpaired) electrons. The average Bonchev–Trinajstić information content (AvgIpc) is 2.80. The summed E-state index contributed by atoms with van der Waals surface area (Å²) in [6, 6.07) is 23.4. The van der Waals surface area contributed by atoms with Gasteiger partial charge in [-0.2, -0.15) is 0 Å². The minimum absolute atomic E-state index is 0.0689. The van der Waals surface area contributed by atoms with Crippen LogP contribution in [0.5, 0.6) is 0 Å². The molecule has 0 amide bonds. The van der Waals surface area contributed by atoms with Crippen molar-refractivity contribution in [3.05, 3.63) is 84.4 Å². The van der Waals surface area contributed by atoms with Gasteiger partial charge in [-0.1, -0.05) is 81.4 Å². The van der Waals surface area contributed by atoms with Gasteiger partial charge in [-0.25, -0.2) is 9.97 Å². The zero-order chi connectivity index (χ0) is 23.5. The summed E-state index contributed by atoms with van der Waals surface area (Å²) in [6.45, 7) is 9.25. The van der Waals surface area contributed by atoms with Gasteiger partial charge >= 0.3 is 0 Å². The van der Waals surface area contributed by atoms with E-state index in [0.717, 1.165) is 37.2 Å². The van der Waals surface area contributed by atoms with E-state index in [9.17, 15) is 5.11 Å². The molecule has 0 spiro atoms. The summed E-state index contributed by atoms with van der Waals surface area (Å²) in [6.07, 6.45) is 5.30. The second-order valence-corrected chi connectivity index (χ2v) is 14.9. The smallest absolute Gasteiger partial charge is 0.261 e. The van der Waals surface area contributed by atoms with E-state index >= 15 is 0 Å². The molecule has 1 aromatic heterocycles. The van der Waals surface area contributed by atoms with Crippen molar-refractivity contribution < 1.29 is 9.53 Å². The third-order valence-corrected chi connectivity index (χ3v) is 12.0. The number of nitrogens with zero attached hydrogens (tertiary/aromatic N) is 2. The molecule has 1 heterocycles. The number of aromatic nitrogens is 2. The molecule has 1 N–H and O–H groups in total. The maximum atomic E-state index is 10.3. The summed E-state index contributed by atoms with van der Waals surface area (Å²) in [4.78, 5) is 9.50.